The zero-order chi connectivity index (χ0) is 10.8. The molecule has 0 spiro atoms. The van der Waals surface area contributed by atoms with E-state index < -0.39 is 5.97 Å². The van der Waals surface area contributed by atoms with Crippen molar-refractivity contribution in [2.45, 2.75) is 6.92 Å². The summed E-state index contributed by atoms with van der Waals surface area (Å²) in [6.45, 7) is 1.89. The molecule has 1 heterocycles. The summed E-state index contributed by atoms with van der Waals surface area (Å²) in [7, 11) is 0. The molecule has 76 valence electrons. The van der Waals surface area contributed by atoms with Crippen LogP contribution < -0.4 is 0 Å². The van der Waals surface area contributed by atoms with Gasteiger partial charge in [-0.1, -0.05) is 18.2 Å². The summed E-state index contributed by atoms with van der Waals surface area (Å²) in [6, 6.07) is 8.85. The fourth-order valence-electron chi connectivity index (χ4n) is 1.37. The van der Waals surface area contributed by atoms with Crippen LogP contribution in [0.1, 0.15) is 16.1 Å². The van der Waals surface area contributed by atoms with Crippen molar-refractivity contribution in [3.8, 4) is 10.4 Å². The molecule has 2 aromatic rings. The Morgan fingerprint density at radius 1 is 1.40 bits per heavy atom. The fourth-order valence-corrected chi connectivity index (χ4v) is 2.17. The number of carboxylic acid groups (broad SMARTS) is 1. The summed E-state index contributed by atoms with van der Waals surface area (Å²) in [6.07, 6.45) is 0. The molecule has 1 aromatic heterocycles. The number of carbonyl (C=O) groups is 1. The number of carboxylic acids is 1. The Kier molecular flexibility index (Phi) is 2.51. The van der Waals surface area contributed by atoms with Gasteiger partial charge >= 0.3 is 5.97 Å². The lowest BCUT2D eigenvalue weighted by atomic mass is 10.1. The maximum atomic E-state index is 11.0. The molecule has 0 amide bonds. The molecular formula is C11H9NO2S. The molecule has 1 N–H and O–H groups in total. The van der Waals surface area contributed by atoms with Crippen molar-refractivity contribution < 1.29 is 9.90 Å². The Balaban J connectivity index is 2.57. The molecule has 0 atom stereocenters. The van der Waals surface area contributed by atoms with Crippen LogP contribution in [0.3, 0.4) is 0 Å². The Labute approximate surface area is 91.2 Å². The number of benzene rings is 1. The fraction of sp³-hybridized carbons (Fsp3) is 0.0909. The van der Waals surface area contributed by atoms with E-state index in [0.717, 1.165) is 16.1 Å². The van der Waals surface area contributed by atoms with Gasteiger partial charge in [-0.25, -0.2) is 4.79 Å². The highest BCUT2D eigenvalue weighted by molar-refractivity contribution is 7.09. The van der Waals surface area contributed by atoms with E-state index >= 15 is 0 Å². The number of aromatic nitrogens is 1. The van der Waals surface area contributed by atoms with Crippen LogP contribution in [0, 0.1) is 6.92 Å². The minimum Gasteiger partial charge on any atom is -0.478 e. The third-order valence-corrected chi connectivity index (χ3v) is 2.96. The van der Waals surface area contributed by atoms with Crippen molar-refractivity contribution in [3.05, 3.63) is 41.6 Å². The first-order valence-corrected chi connectivity index (χ1v) is 5.22. The molecule has 2 rings (SSSR count). The molecule has 0 aliphatic heterocycles. The molecule has 0 aliphatic rings. The minimum atomic E-state index is -0.906. The highest BCUT2D eigenvalue weighted by Crippen LogP contribution is 2.27. The van der Waals surface area contributed by atoms with Crippen molar-refractivity contribution in [1.29, 1.82) is 0 Å². The first-order valence-electron chi connectivity index (χ1n) is 4.44. The van der Waals surface area contributed by atoms with E-state index in [4.69, 9.17) is 5.11 Å². The molecule has 0 bridgehead atoms. The second-order valence-corrected chi connectivity index (χ2v) is 3.99. The summed E-state index contributed by atoms with van der Waals surface area (Å²) < 4.78 is 4.14. The van der Waals surface area contributed by atoms with E-state index in [1.165, 1.54) is 11.5 Å². The van der Waals surface area contributed by atoms with Gasteiger partial charge in [0.25, 0.3) is 0 Å². The summed E-state index contributed by atoms with van der Waals surface area (Å²) in [5.74, 6) is -0.906. The average molecular weight is 219 g/mol. The number of rotatable bonds is 2. The Morgan fingerprint density at radius 3 is 2.73 bits per heavy atom. The SMILES string of the molecule is Cc1cc(-c2ccccc2C(=O)O)sn1. The number of aromatic carboxylic acids is 1. The monoisotopic (exact) mass is 219 g/mol. The highest BCUT2D eigenvalue weighted by atomic mass is 32.1. The highest BCUT2D eigenvalue weighted by Gasteiger charge is 2.12. The lowest BCUT2D eigenvalue weighted by molar-refractivity contribution is 0.0698. The lowest BCUT2D eigenvalue weighted by Gasteiger charge is -2.01. The lowest BCUT2D eigenvalue weighted by Crippen LogP contribution is -1.97. The number of hydrogen-bond donors (Lipinski definition) is 1. The summed E-state index contributed by atoms with van der Waals surface area (Å²) in [5, 5.41) is 9.02. The number of aryl methyl sites for hydroxylation is 1. The predicted octanol–water partition coefficient (Wildman–Crippen LogP) is 2.82. The number of nitrogens with zero attached hydrogens (tertiary/aromatic N) is 1. The molecule has 3 nitrogen and oxygen atoms in total. The van der Waals surface area contributed by atoms with Gasteiger partial charge < -0.3 is 5.11 Å². The smallest absolute Gasteiger partial charge is 0.336 e. The normalized spacial score (nSPS) is 10.2. The maximum Gasteiger partial charge on any atom is 0.336 e. The third-order valence-electron chi connectivity index (χ3n) is 2.05. The zero-order valence-corrected chi connectivity index (χ0v) is 8.91. The molecule has 1 aromatic carbocycles. The zero-order valence-electron chi connectivity index (χ0n) is 8.10. The van der Waals surface area contributed by atoms with E-state index in [-0.39, 0.29) is 0 Å². The van der Waals surface area contributed by atoms with E-state index in [1.807, 2.05) is 19.1 Å². The summed E-state index contributed by atoms with van der Waals surface area (Å²) in [4.78, 5) is 11.9. The quantitative estimate of drug-likeness (QED) is 0.844. The van der Waals surface area contributed by atoms with E-state index in [2.05, 4.69) is 4.37 Å². The number of hydrogen-bond acceptors (Lipinski definition) is 3. The molecule has 0 unspecified atom stereocenters. The molecule has 0 aliphatic carbocycles. The first-order chi connectivity index (χ1) is 7.18. The van der Waals surface area contributed by atoms with Crippen LogP contribution in [0.5, 0.6) is 0 Å². The van der Waals surface area contributed by atoms with Crippen molar-refractivity contribution in [2.75, 3.05) is 0 Å². The van der Waals surface area contributed by atoms with Gasteiger partial charge in [-0.3, -0.25) is 0 Å². The molecule has 4 heteroatoms. The molecule has 0 fully saturated rings. The van der Waals surface area contributed by atoms with Crippen LogP contribution in [0.4, 0.5) is 0 Å². The van der Waals surface area contributed by atoms with Crippen LogP contribution in [0.15, 0.2) is 30.3 Å². The molecule has 0 radical (unpaired) electrons. The van der Waals surface area contributed by atoms with Crippen molar-refractivity contribution in [2.24, 2.45) is 0 Å². The van der Waals surface area contributed by atoms with E-state index in [1.54, 1.807) is 18.2 Å². The van der Waals surface area contributed by atoms with Crippen LogP contribution in [-0.2, 0) is 0 Å². The van der Waals surface area contributed by atoms with Gasteiger partial charge in [-0.2, -0.15) is 4.37 Å². The Morgan fingerprint density at radius 2 is 2.13 bits per heavy atom. The Bertz CT molecular complexity index is 505. The van der Waals surface area contributed by atoms with Gasteiger partial charge in [0, 0.05) is 5.56 Å². The first kappa shape index (κ1) is 9.86. The van der Waals surface area contributed by atoms with Gasteiger partial charge in [0.1, 0.15) is 0 Å². The predicted molar refractivity (Wildman–Crippen MR) is 59.2 cm³/mol. The largest absolute Gasteiger partial charge is 0.478 e. The van der Waals surface area contributed by atoms with Crippen LogP contribution in [0.25, 0.3) is 10.4 Å². The third kappa shape index (κ3) is 1.89. The van der Waals surface area contributed by atoms with Gasteiger partial charge in [0.2, 0.25) is 0 Å². The topological polar surface area (TPSA) is 50.2 Å². The standard InChI is InChI=1S/C11H9NO2S/c1-7-6-10(15-12-7)8-4-2-3-5-9(8)11(13)14/h2-6H,1H3,(H,13,14). The van der Waals surface area contributed by atoms with Crippen LogP contribution >= 0.6 is 11.5 Å². The summed E-state index contributed by atoms with van der Waals surface area (Å²) in [5.41, 5.74) is 1.96. The van der Waals surface area contributed by atoms with Gasteiger partial charge in [0.15, 0.2) is 0 Å². The average Bonchev–Trinajstić information content (AvgIpc) is 2.65. The van der Waals surface area contributed by atoms with E-state index in [9.17, 15) is 4.79 Å². The minimum absolute atomic E-state index is 0.321. The van der Waals surface area contributed by atoms with Crippen molar-refractivity contribution >= 4 is 17.5 Å². The second kappa shape index (κ2) is 3.82. The van der Waals surface area contributed by atoms with E-state index in [0.29, 0.717) is 5.56 Å². The van der Waals surface area contributed by atoms with Crippen LogP contribution in [0.2, 0.25) is 0 Å². The van der Waals surface area contributed by atoms with Crippen molar-refractivity contribution in [3.63, 3.8) is 0 Å². The van der Waals surface area contributed by atoms with Crippen LogP contribution in [-0.4, -0.2) is 15.4 Å². The molecular weight excluding hydrogens is 210 g/mol. The van der Waals surface area contributed by atoms with Gasteiger partial charge in [-0.05, 0) is 30.6 Å². The summed E-state index contributed by atoms with van der Waals surface area (Å²) >= 11 is 1.32. The maximum absolute atomic E-state index is 11.0. The van der Waals surface area contributed by atoms with Gasteiger partial charge in [-0.15, -0.1) is 0 Å². The molecule has 15 heavy (non-hydrogen) atoms. The second-order valence-electron chi connectivity index (χ2n) is 3.18. The molecule has 0 saturated heterocycles. The Hall–Kier alpha value is -1.68. The molecule has 0 saturated carbocycles. The van der Waals surface area contributed by atoms with Gasteiger partial charge in [0.05, 0.1) is 16.1 Å². The van der Waals surface area contributed by atoms with Crippen molar-refractivity contribution in [1.82, 2.24) is 4.37 Å².